The van der Waals surface area contributed by atoms with Gasteiger partial charge in [-0.05, 0) is 37.3 Å². The minimum Gasteiger partial charge on any atom is -0.359 e. The highest BCUT2D eigenvalue weighted by molar-refractivity contribution is 5.90. The number of anilines is 1. The Labute approximate surface area is 136 Å². The number of amides is 2. The van der Waals surface area contributed by atoms with Gasteiger partial charge in [0, 0.05) is 18.3 Å². The van der Waals surface area contributed by atoms with Crippen molar-refractivity contribution in [3.8, 4) is 0 Å². The fraction of sp³-hybridized carbons (Fsp3) is 0.444. The van der Waals surface area contributed by atoms with Gasteiger partial charge in [-0.3, -0.25) is 0 Å². The molecule has 1 aromatic heterocycles. The van der Waals surface area contributed by atoms with Crippen LogP contribution in [0.25, 0.3) is 0 Å². The summed E-state index contributed by atoms with van der Waals surface area (Å²) in [6.45, 7) is 4.87. The molecule has 2 amide bonds. The number of hydrogen-bond donors (Lipinski definition) is 1. The summed E-state index contributed by atoms with van der Waals surface area (Å²) in [7, 11) is 0. The summed E-state index contributed by atoms with van der Waals surface area (Å²) < 4.78 is 5.44. The minimum absolute atomic E-state index is 0.0170. The number of nitrogens with zero attached hydrogens (tertiary/aromatic N) is 2. The number of para-hydroxylation sites is 1. The summed E-state index contributed by atoms with van der Waals surface area (Å²) in [5, 5.41) is 7.10. The first-order valence-electron chi connectivity index (χ1n) is 8.34. The molecule has 0 bridgehead atoms. The summed E-state index contributed by atoms with van der Waals surface area (Å²) in [5.74, 6) is 0.790. The lowest BCUT2D eigenvalue weighted by Crippen LogP contribution is -2.34. The molecule has 0 saturated carbocycles. The third-order valence-electron chi connectivity index (χ3n) is 4.42. The number of carbonyl (C=O) groups excluding carboxylic acids is 1. The Morgan fingerprint density at radius 3 is 2.91 bits per heavy atom. The lowest BCUT2D eigenvalue weighted by atomic mass is 10.1. The van der Waals surface area contributed by atoms with Crippen LogP contribution in [0.1, 0.15) is 49.7 Å². The second-order valence-electron chi connectivity index (χ2n) is 5.87. The Morgan fingerprint density at radius 2 is 2.17 bits per heavy atom. The van der Waals surface area contributed by atoms with Crippen molar-refractivity contribution < 1.29 is 9.32 Å². The van der Waals surface area contributed by atoms with Crippen molar-refractivity contribution in [3.05, 3.63) is 47.3 Å². The molecule has 1 fully saturated rings. The molecule has 5 heteroatoms. The highest BCUT2D eigenvalue weighted by Crippen LogP contribution is 2.33. The molecule has 2 aromatic rings. The molecular weight excluding hydrogens is 290 g/mol. The number of likely N-dealkylation sites (tertiary alicyclic amines) is 1. The van der Waals surface area contributed by atoms with E-state index in [0.717, 1.165) is 54.9 Å². The minimum atomic E-state index is -0.0668. The molecule has 1 aliphatic rings. The molecule has 1 aromatic carbocycles. The molecule has 122 valence electrons. The monoisotopic (exact) mass is 313 g/mol. The number of hydrogen-bond acceptors (Lipinski definition) is 3. The van der Waals surface area contributed by atoms with Crippen molar-refractivity contribution in [1.29, 1.82) is 0 Å². The maximum atomic E-state index is 12.7. The normalized spacial score (nSPS) is 17.5. The highest BCUT2D eigenvalue weighted by atomic mass is 16.5. The molecule has 1 aliphatic heterocycles. The molecule has 2 heterocycles. The van der Waals surface area contributed by atoms with Crippen molar-refractivity contribution in [2.45, 2.75) is 45.6 Å². The molecule has 1 atom stereocenters. The van der Waals surface area contributed by atoms with Crippen LogP contribution in [0.5, 0.6) is 0 Å². The zero-order valence-corrected chi connectivity index (χ0v) is 13.7. The van der Waals surface area contributed by atoms with Gasteiger partial charge in [-0.1, -0.05) is 37.2 Å². The quantitative estimate of drug-likeness (QED) is 0.921. The molecular formula is C18H23N3O2. The van der Waals surface area contributed by atoms with Crippen molar-refractivity contribution in [2.24, 2.45) is 0 Å². The van der Waals surface area contributed by atoms with Crippen LogP contribution in [0.3, 0.4) is 0 Å². The summed E-state index contributed by atoms with van der Waals surface area (Å²) in [4.78, 5) is 14.5. The predicted molar refractivity (Wildman–Crippen MR) is 89.4 cm³/mol. The maximum Gasteiger partial charge on any atom is 0.322 e. The van der Waals surface area contributed by atoms with Gasteiger partial charge in [0.25, 0.3) is 0 Å². The van der Waals surface area contributed by atoms with E-state index in [-0.39, 0.29) is 12.1 Å². The fourth-order valence-corrected chi connectivity index (χ4v) is 3.10. The summed E-state index contributed by atoms with van der Waals surface area (Å²) >= 11 is 0. The first-order valence-corrected chi connectivity index (χ1v) is 8.34. The Balaban J connectivity index is 1.75. The van der Waals surface area contributed by atoms with E-state index in [1.54, 1.807) is 0 Å². The number of benzene rings is 1. The molecule has 23 heavy (non-hydrogen) atoms. The van der Waals surface area contributed by atoms with Gasteiger partial charge < -0.3 is 14.7 Å². The molecule has 0 aliphatic carbocycles. The lowest BCUT2D eigenvalue weighted by molar-refractivity contribution is 0.195. The smallest absolute Gasteiger partial charge is 0.322 e. The van der Waals surface area contributed by atoms with Crippen LogP contribution in [0.15, 0.2) is 34.9 Å². The van der Waals surface area contributed by atoms with Gasteiger partial charge in [0.15, 0.2) is 5.76 Å². The van der Waals surface area contributed by atoms with E-state index in [1.807, 2.05) is 42.2 Å². The summed E-state index contributed by atoms with van der Waals surface area (Å²) in [6, 6.07) is 9.82. The number of rotatable bonds is 4. The van der Waals surface area contributed by atoms with Gasteiger partial charge in [-0.15, -0.1) is 0 Å². The summed E-state index contributed by atoms with van der Waals surface area (Å²) in [5.41, 5.74) is 2.96. The fourth-order valence-electron chi connectivity index (χ4n) is 3.10. The molecule has 3 rings (SSSR count). The van der Waals surface area contributed by atoms with E-state index in [4.69, 9.17) is 4.52 Å². The van der Waals surface area contributed by atoms with E-state index in [2.05, 4.69) is 17.4 Å². The van der Waals surface area contributed by atoms with Crippen LogP contribution in [0.4, 0.5) is 10.5 Å². The number of aromatic nitrogens is 1. The van der Waals surface area contributed by atoms with Gasteiger partial charge in [-0.25, -0.2) is 4.79 Å². The lowest BCUT2D eigenvalue weighted by Gasteiger charge is -2.23. The maximum absolute atomic E-state index is 12.7. The first-order chi connectivity index (χ1) is 11.2. The second kappa shape index (κ2) is 6.86. The van der Waals surface area contributed by atoms with E-state index < -0.39 is 0 Å². The number of carbonyl (C=O) groups is 1. The topological polar surface area (TPSA) is 58.4 Å². The van der Waals surface area contributed by atoms with Gasteiger partial charge in [0.2, 0.25) is 0 Å². The molecule has 0 spiro atoms. The number of nitrogens with one attached hydrogen (secondary N) is 1. The van der Waals surface area contributed by atoms with Crippen molar-refractivity contribution in [3.63, 3.8) is 0 Å². The standard InChI is InChI=1S/C18H23N3O2/c1-3-13-8-5-6-9-15(13)19-18(22)21-11-7-10-16(21)17-12-14(4-2)20-23-17/h5-6,8-9,12,16H,3-4,7,10-11H2,1-2H3,(H,19,22)/t16-/m0/s1. The molecule has 1 N–H and O–H groups in total. The first kappa shape index (κ1) is 15.6. The zero-order chi connectivity index (χ0) is 16.2. The van der Waals surface area contributed by atoms with E-state index in [9.17, 15) is 4.79 Å². The Morgan fingerprint density at radius 1 is 1.35 bits per heavy atom. The zero-order valence-electron chi connectivity index (χ0n) is 13.7. The Hall–Kier alpha value is -2.30. The second-order valence-corrected chi connectivity index (χ2v) is 5.87. The van der Waals surface area contributed by atoms with Crippen LogP contribution >= 0.6 is 0 Å². The highest BCUT2D eigenvalue weighted by Gasteiger charge is 2.33. The van der Waals surface area contributed by atoms with Crippen molar-refractivity contribution in [2.75, 3.05) is 11.9 Å². The average molecular weight is 313 g/mol. The van der Waals surface area contributed by atoms with Gasteiger partial charge in [0.1, 0.15) is 0 Å². The SMILES string of the molecule is CCc1cc([C@@H]2CCCN2C(=O)Nc2ccccc2CC)on1. The molecule has 5 nitrogen and oxygen atoms in total. The average Bonchev–Trinajstić information content (AvgIpc) is 3.23. The van der Waals surface area contributed by atoms with Crippen LogP contribution in [-0.2, 0) is 12.8 Å². The van der Waals surface area contributed by atoms with Crippen molar-refractivity contribution in [1.82, 2.24) is 10.1 Å². The van der Waals surface area contributed by atoms with Gasteiger partial charge in [-0.2, -0.15) is 0 Å². The van der Waals surface area contributed by atoms with E-state index in [1.165, 1.54) is 0 Å². The molecule has 0 unspecified atom stereocenters. The third kappa shape index (κ3) is 3.23. The predicted octanol–water partition coefficient (Wildman–Crippen LogP) is 4.17. The number of aryl methyl sites for hydroxylation is 2. The van der Waals surface area contributed by atoms with Crippen molar-refractivity contribution >= 4 is 11.7 Å². The van der Waals surface area contributed by atoms with Crippen LogP contribution in [-0.4, -0.2) is 22.6 Å². The van der Waals surface area contributed by atoms with E-state index >= 15 is 0 Å². The number of urea groups is 1. The molecule has 0 radical (unpaired) electrons. The third-order valence-corrected chi connectivity index (χ3v) is 4.42. The Bertz CT molecular complexity index is 680. The van der Waals surface area contributed by atoms with Crippen LogP contribution < -0.4 is 5.32 Å². The molecule has 1 saturated heterocycles. The van der Waals surface area contributed by atoms with Gasteiger partial charge in [0.05, 0.1) is 11.7 Å². The largest absolute Gasteiger partial charge is 0.359 e. The van der Waals surface area contributed by atoms with Crippen LogP contribution in [0.2, 0.25) is 0 Å². The Kier molecular flexibility index (Phi) is 4.65. The van der Waals surface area contributed by atoms with Crippen LogP contribution in [0, 0.1) is 0 Å². The van der Waals surface area contributed by atoms with Gasteiger partial charge >= 0.3 is 6.03 Å². The summed E-state index contributed by atoms with van der Waals surface area (Å²) in [6.07, 6.45) is 3.63. The van der Waals surface area contributed by atoms with E-state index in [0.29, 0.717) is 0 Å².